The number of aromatic hydroxyl groups is 2. The minimum atomic E-state index is -0.649. The number of phenols is 2. The number of rotatable bonds is 3. The van der Waals surface area contributed by atoms with Crippen molar-refractivity contribution in [1.82, 2.24) is 4.90 Å². The molecular formula is C11H15N3O4. The number of likely N-dealkylation sites (N-methyl/N-ethyl adjacent to an activating group) is 1. The number of oxime groups is 1. The zero-order valence-electron chi connectivity index (χ0n) is 10.0. The number of hydrogen-bond acceptors (Lipinski definition) is 5. The monoisotopic (exact) mass is 253 g/mol. The van der Waals surface area contributed by atoms with Crippen LogP contribution in [0.4, 0.5) is 0 Å². The van der Waals surface area contributed by atoms with Crippen LogP contribution in [0.5, 0.6) is 11.5 Å². The summed E-state index contributed by atoms with van der Waals surface area (Å²) in [5, 5.41) is 30.2. The van der Waals surface area contributed by atoms with Crippen LogP contribution >= 0.6 is 0 Å². The fraction of sp³-hybridized carbons (Fsp3) is 0.273. The molecule has 1 unspecified atom stereocenters. The normalized spacial score (nSPS) is 13.1. The number of carbonyl (C=O) groups is 1. The first-order valence-corrected chi connectivity index (χ1v) is 5.15. The highest BCUT2D eigenvalue weighted by Crippen LogP contribution is 2.23. The molecule has 1 atom stereocenters. The summed E-state index contributed by atoms with van der Waals surface area (Å²) in [4.78, 5) is 13.2. The maximum Gasteiger partial charge on any atom is 0.258 e. The zero-order valence-corrected chi connectivity index (χ0v) is 10.0. The third-order valence-corrected chi connectivity index (χ3v) is 2.66. The van der Waals surface area contributed by atoms with Crippen molar-refractivity contribution in [3.8, 4) is 11.5 Å². The van der Waals surface area contributed by atoms with E-state index in [4.69, 9.17) is 10.9 Å². The second-order valence-electron chi connectivity index (χ2n) is 3.82. The topological polar surface area (TPSA) is 119 Å². The van der Waals surface area contributed by atoms with Crippen LogP contribution < -0.4 is 5.73 Å². The Balaban J connectivity index is 3.03. The maximum atomic E-state index is 12.0. The summed E-state index contributed by atoms with van der Waals surface area (Å²) in [5.74, 6) is -1.08. The highest BCUT2D eigenvalue weighted by Gasteiger charge is 2.23. The van der Waals surface area contributed by atoms with E-state index < -0.39 is 11.9 Å². The molecule has 7 heteroatoms. The van der Waals surface area contributed by atoms with Crippen LogP contribution in [0.15, 0.2) is 23.4 Å². The summed E-state index contributed by atoms with van der Waals surface area (Å²) in [6.07, 6.45) is 0. The van der Waals surface area contributed by atoms with Crippen LogP contribution in [0.25, 0.3) is 0 Å². The van der Waals surface area contributed by atoms with Gasteiger partial charge < -0.3 is 26.1 Å². The van der Waals surface area contributed by atoms with E-state index >= 15 is 0 Å². The van der Waals surface area contributed by atoms with E-state index in [0.717, 1.165) is 6.07 Å². The number of amides is 1. The average molecular weight is 253 g/mol. The molecule has 0 aliphatic carbocycles. The first-order valence-electron chi connectivity index (χ1n) is 5.15. The minimum absolute atomic E-state index is 0.0601. The molecule has 1 aromatic carbocycles. The largest absolute Gasteiger partial charge is 0.508 e. The summed E-state index contributed by atoms with van der Waals surface area (Å²) in [6, 6.07) is 2.97. The molecule has 5 N–H and O–H groups in total. The van der Waals surface area contributed by atoms with Crippen LogP contribution in [0.3, 0.4) is 0 Å². The van der Waals surface area contributed by atoms with Gasteiger partial charge in [-0.2, -0.15) is 0 Å². The van der Waals surface area contributed by atoms with Gasteiger partial charge >= 0.3 is 0 Å². The Hall–Kier alpha value is -2.44. The van der Waals surface area contributed by atoms with Crippen molar-refractivity contribution in [2.75, 3.05) is 7.05 Å². The van der Waals surface area contributed by atoms with Crippen molar-refractivity contribution in [1.29, 1.82) is 0 Å². The predicted octanol–water partition coefficient (Wildman–Crippen LogP) is 0.305. The maximum absolute atomic E-state index is 12.0. The Labute approximate surface area is 104 Å². The lowest BCUT2D eigenvalue weighted by Gasteiger charge is -2.24. The van der Waals surface area contributed by atoms with Gasteiger partial charge in [-0.3, -0.25) is 4.79 Å². The van der Waals surface area contributed by atoms with E-state index in [0.29, 0.717) is 0 Å². The van der Waals surface area contributed by atoms with Gasteiger partial charge in [0.2, 0.25) is 0 Å². The summed E-state index contributed by atoms with van der Waals surface area (Å²) in [5.41, 5.74) is 5.34. The van der Waals surface area contributed by atoms with Gasteiger partial charge in [-0.05, 0) is 25.1 Å². The molecule has 0 saturated heterocycles. The summed E-state index contributed by atoms with van der Waals surface area (Å²) in [6.45, 7) is 1.56. The van der Waals surface area contributed by atoms with Crippen LogP contribution in [0.1, 0.15) is 17.3 Å². The molecule has 0 radical (unpaired) electrons. The third kappa shape index (κ3) is 2.62. The molecule has 1 aromatic rings. The minimum Gasteiger partial charge on any atom is -0.508 e. The van der Waals surface area contributed by atoms with E-state index in [2.05, 4.69) is 5.16 Å². The number of nitrogens with two attached hydrogens (primary N) is 1. The molecule has 7 nitrogen and oxygen atoms in total. The first kappa shape index (κ1) is 13.6. The van der Waals surface area contributed by atoms with Gasteiger partial charge in [0.05, 0.1) is 11.6 Å². The molecule has 0 heterocycles. The number of amidine groups is 1. The molecule has 18 heavy (non-hydrogen) atoms. The van der Waals surface area contributed by atoms with Crippen molar-refractivity contribution >= 4 is 11.7 Å². The van der Waals surface area contributed by atoms with Crippen molar-refractivity contribution in [2.45, 2.75) is 13.0 Å². The van der Waals surface area contributed by atoms with Gasteiger partial charge in [-0.25, -0.2) is 0 Å². The number of carbonyl (C=O) groups excluding carboxylic acids is 1. The Morgan fingerprint density at radius 2 is 2.06 bits per heavy atom. The molecule has 0 aliphatic rings. The Kier molecular flexibility index (Phi) is 3.98. The zero-order chi connectivity index (χ0) is 13.9. The van der Waals surface area contributed by atoms with E-state index in [1.807, 2.05) is 0 Å². The molecule has 98 valence electrons. The second kappa shape index (κ2) is 5.26. The highest BCUT2D eigenvalue weighted by molar-refractivity contribution is 6.00. The SMILES string of the molecule is CC(/C(N)=N/O)N(C)C(=O)c1cc(O)ccc1O. The number of nitrogens with zero attached hydrogens (tertiary/aromatic N) is 2. The molecule has 0 bridgehead atoms. The molecular weight excluding hydrogens is 238 g/mol. The van der Waals surface area contributed by atoms with Crippen molar-refractivity contribution in [3.05, 3.63) is 23.8 Å². The number of phenolic OH excluding ortho intramolecular Hbond substituents is 2. The predicted molar refractivity (Wildman–Crippen MR) is 64.7 cm³/mol. The van der Waals surface area contributed by atoms with Crippen LogP contribution in [-0.4, -0.2) is 45.2 Å². The Bertz CT molecular complexity index is 487. The van der Waals surface area contributed by atoms with Gasteiger partial charge in [0.15, 0.2) is 5.84 Å². The van der Waals surface area contributed by atoms with Gasteiger partial charge in [0, 0.05) is 7.05 Å². The lowest BCUT2D eigenvalue weighted by atomic mass is 10.1. The Morgan fingerprint density at radius 1 is 1.44 bits per heavy atom. The fourth-order valence-electron chi connectivity index (χ4n) is 1.34. The van der Waals surface area contributed by atoms with Gasteiger partial charge in [0.1, 0.15) is 11.5 Å². The smallest absolute Gasteiger partial charge is 0.258 e. The molecule has 1 rings (SSSR count). The van der Waals surface area contributed by atoms with E-state index in [-0.39, 0.29) is 22.9 Å². The Morgan fingerprint density at radius 3 is 2.61 bits per heavy atom. The van der Waals surface area contributed by atoms with E-state index in [9.17, 15) is 15.0 Å². The molecule has 1 amide bonds. The van der Waals surface area contributed by atoms with Gasteiger partial charge in [-0.15, -0.1) is 0 Å². The van der Waals surface area contributed by atoms with Crippen molar-refractivity contribution in [2.24, 2.45) is 10.9 Å². The highest BCUT2D eigenvalue weighted by atomic mass is 16.4. The van der Waals surface area contributed by atoms with E-state index in [1.165, 1.54) is 24.1 Å². The van der Waals surface area contributed by atoms with Crippen LogP contribution in [0, 0.1) is 0 Å². The standard InChI is InChI=1S/C11H15N3O4/c1-6(10(12)13-18)14(2)11(17)8-5-7(15)3-4-9(8)16/h3-6,15-16,18H,1-2H3,(H2,12,13). The lowest BCUT2D eigenvalue weighted by molar-refractivity contribution is 0.0773. The molecule has 0 spiro atoms. The third-order valence-electron chi connectivity index (χ3n) is 2.66. The summed E-state index contributed by atoms with van der Waals surface area (Å²) < 4.78 is 0. The summed E-state index contributed by atoms with van der Waals surface area (Å²) >= 11 is 0. The molecule has 0 fully saturated rings. The molecule has 0 aliphatic heterocycles. The van der Waals surface area contributed by atoms with Crippen molar-refractivity contribution < 1.29 is 20.2 Å². The van der Waals surface area contributed by atoms with Crippen LogP contribution in [0.2, 0.25) is 0 Å². The van der Waals surface area contributed by atoms with Gasteiger partial charge in [-0.1, -0.05) is 5.16 Å². The number of benzene rings is 1. The first-order chi connectivity index (χ1) is 8.38. The van der Waals surface area contributed by atoms with Gasteiger partial charge in [0.25, 0.3) is 5.91 Å². The second-order valence-corrected chi connectivity index (χ2v) is 3.82. The van der Waals surface area contributed by atoms with E-state index in [1.54, 1.807) is 6.92 Å². The molecule has 0 saturated carbocycles. The fourth-order valence-corrected chi connectivity index (χ4v) is 1.34. The molecule has 0 aromatic heterocycles. The number of hydrogen-bond donors (Lipinski definition) is 4. The summed E-state index contributed by atoms with van der Waals surface area (Å²) in [7, 11) is 1.44. The lowest BCUT2D eigenvalue weighted by Crippen LogP contribution is -2.43. The van der Waals surface area contributed by atoms with Crippen molar-refractivity contribution in [3.63, 3.8) is 0 Å². The average Bonchev–Trinajstić information content (AvgIpc) is 2.38. The quantitative estimate of drug-likeness (QED) is 0.203. The van der Waals surface area contributed by atoms with Crippen LogP contribution in [-0.2, 0) is 0 Å².